The average Bonchev–Trinajstić information content (AvgIpc) is 3.66. The van der Waals surface area contributed by atoms with Crippen LogP contribution >= 0.6 is 0 Å². The number of para-hydroxylation sites is 3. The fraction of sp³-hybridized carbons (Fsp3) is 0. The van der Waals surface area contributed by atoms with E-state index in [0.29, 0.717) is 0 Å². The molecule has 1 N–H and O–H groups in total. The molecule has 10 aromatic carbocycles. The standard InChI is InChI=1S/C58H41N3/c1-4-16-43(17-5-1)55-38-46-18-10-11-19-47(46)39-57(55)60(52-34-35-54-53-28-12-13-29-56(53)61(58(54)40-52)50-25-8-3-9-26-50)51-27-15-21-45(37-51)42-32-30-41(31-33-42)44-20-14-24-49(36-44)59-48-22-6-2-7-23-48/h1-40,59H. The zero-order valence-corrected chi connectivity index (χ0v) is 33.5. The van der Waals surface area contributed by atoms with Gasteiger partial charge in [0, 0.05) is 44.8 Å². The molecule has 3 heteroatoms. The Morgan fingerprint density at radius 3 is 1.64 bits per heavy atom. The molecule has 0 amide bonds. The summed E-state index contributed by atoms with van der Waals surface area (Å²) in [6.07, 6.45) is 0. The maximum absolute atomic E-state index is 3.54. The number of hydrogen-bond donors (Lipinski definition) is 1. The van der Waals surface area contributed by atoms with Gasteiger partial charge in [-0.25, -0.2) is 0 Å². The predicted octanol–water partition coefficient (Wildman–Crippen LogP) is 16.2. The summed E-state index contributed by atoms with van der Waals surface area (Å²) in [7, 11) is 0. The van der Waals surface area contributed by atoms with Gasteiger partial charge in [0.2, 0.25) is 0 Å². The largest absolute Gasteiger partial charge is 0.356 e. The highest BCUT2D eigenvalue weighted by molar-refractivity contribution is 6.11. The van der Waals surface area contributed by atoms with E-state index in [2.05, 4.69) is 239 Å². The number of nitrogens with one attached hydrogen (secondary N) is 1. The third kappa shape index (κ3) is 6.88. The summed E-state index contributed by atoms with van der Waals surface area (Å²) in [6.45, 7) is 0. The molecule has 0 saturated heterocycles. The maximum Gasteiger partial charge on any atom is 0.0561 e. The van der Waals surface area contributed by atoms with E-state index in [0.717, 1.165) is 50.8 Å². The van der Waals surface area contributed by atoms with E-state index < -0.39 is 0 Å². The fourth-order valence-corrected chi connectivity index (χ4v) is 8.79. The van der Waals surface area contributed by atoms with Crippen LogP contribution in [-0.2, 0) is 0 Å². The van der Waals surface area contributed by atoms with Crippen molar-refractivity contribution < 1.29 is 0 Å². The van der Waals surface area contributed by atoms with E-state index in [-0.39, 0.29) is 0 Å². The van der Waals surface area contributed by atoms with Crippen LogP contribution in [0.3, 0.4) is 0 Å². The molecule has 0 aliphatic rings. The molecule has 0 fully saturated rings. The summed E-state index contributed by atoms with van der Waals surface area (Å²) in [5.74, 6) is 0. The zero-order chi connectivity index (χ0) is 40.5. The molecule has 0 radical (unpaired) electrons. The van der Waals surface area contributed by atoms with Gasteiger partial charge in [0.25, 0.3) is 0 Å². The third-order valence-corrected chi connectivity index (χ3v) is 11.7. The minimum atomic E-state index is 1.06. The minimum absolute atomic E-state index is 1.06. The molecule has 0 spiro atoms. The smallest absolute Gasteiger partial charge is 0.0561 e. The molecular weight excluding hydrogens is 739 g/mol. The van der Waals surface area contributed by atoms with Gasteiger partial charge < -0.3 is 14.8 Å². The van der Waals surface area contributed by atoms with Crippen molar-refractivity contribution in [3.05, 3.63) is 243 Å². The summed E-state index contributed by atoms with van der Waals surface area (Å²) >= 11 is 0. The Morgan fingerprint density at radius 2 is 0.885 bits per heavy atom. The molecule has 0 atom stereocenters. The number of anilines is 5. The lowest BCUT2D eigenvalue weighted by atomic mass is 9.96. The molecule has 0 aliphatic carbocycles. The van der Waals surface area contributed by atoms with Crippen LogP contribution in [0, 0.1) is 0 Å². The molecule has 0 aliphatic heterocycles. The van der Waals surface area contributed by atoms with Crippen molar-refractivity contribution >= 4 is 61.0 Å². The van der Waals surface area contributed by atoms with Gasteiger partial charge in [-0.2, -0.15) is 0 Å². The van der Waals surface area contributed by atoms with E-state index in [1.807, 2.05) is 18.2 Å². The molecule has 3 nitrogen and oxygen atoms in total. The summed E-state index contributed by atoms with van der Waals surface area (Å²) in [4.78, 5) is 2.45. The SMILES string of the molecule is c1ccc(Nc2cccc(-c3ccc(-c4cccc(N(c5ccc6c7ccccc7n(-c7ccccc7)c6c5)c5cc6ccccc6cc5-c5ccccc5)c4)cc3)c2)cc1. The lowest BCUT2D eigenvalue weighted by Crippen LogP contribution is -2.12. The maximum atomic E-state index is 3.54. The molecule has 11 aromatic rings. The monoisotopic (exact) mass is 779 g/mol. The number of fused-ring (bicyclic) bond motifs is 4. The Kier molecular flexibility index (Phi) is 9.18. The van der Waals surface area contributed by atoms with Crippen LogP contribution in [0.2, 0.25) is 0 Å². The van der Waals surface area contributed by atoms with E-state index in [1.165, 1.54) is 49.3 Å². The minimum Gasteiger partial charge on any atom is -0.356 e. The molecule has 11 rings (SSSR count). The van der Waals surface area contributed by atoms with Crippen LogP contribution < -0.4 is 10.2 Å². The Hall–Kier alpha value is -8.14. The molecule has 0 bridgehead atoms. The van der Waals surface area contributed by atoms with E-state index in [1.54, 1.807) is 0 Å². The quantitative estimate of drug-likeness (QED) is 0.157. The molecular formula is C58H41N3. The molecule has 1 aromatic heterocycles. The Balaban J connectivity index is 1.06. The third-order valence-electron chi connectivity index (χ3n) is 11.7. The Bertz CT molecular complexity index is 3320. The number of nitrogens with zero attached hydrogens (tertiary/aromatic N) is 2. The van der Waals surface area contributed by atoms with Crippen molar-refractivity contribution in [1.82, 2.24) is 4.57 Å². The highest BCUT2D eigenvalue weighted by Gasteiger charge is 2.21. The number of rotatable bonds is 9. The number of hydrogen-bond acceptors (Lipinski definition) is 2. The molecule has 288 valence electrons. The Labute approximate surface area is 356 Å². The first-order valence-corrected chi connectivity index (χ1v) is 20.8. The molecule has 0 unspecified atom stereocenters. The number of aromatic nitrogens is 1. The lowest BCUT2D eigenvalue weighted by Gasteiger charge is -2.29. The van der Waals surface area contributed by atoms with Crippen molar-refractivity contribution in [1.29, 1.82) is 0 Å². The van der Waals surface area contributed by atoms with Gasteiger partial charge in [-0.05, 0) is 117 Å². The summed E-state index contributed by atoms with van der Waals surface area (Å²) in [5.41, 5.74) is 15.9. The van der Waals surface area contributed by atoms with Crippen molar-refractivity contribution in [2.75, 3.05) is 10.2 Å². The molecule has 0 saturated carbocycles. The van der Waals surface area contributed by atoms with Gasteiger partial charge >= 0.3 is 0 Å². The Morgan fingerprint density at radius 1 is 0.328 bits per heavy atom. The van der Waals surface area contributed by atoms with E-state index in [4.69, 9.17) is 0 Å². The second-order valence-electron chi connectivity index (χ2n) is 15.5. The van der Waals surface area contributed by atoms with Crippen molar-refractivity contribution in [2.24, 2.45) is 0 Å². The predicted molar refractivity (Wildman–Crippen MR) is 259 cm³/mol. The second-order valence-corrected chi connectivity index (χ2v) is 15.5. The summed E-state index contributed by atoms with van der Waals surface area (Å²) in [5, 5.41) is 8.40. The molecule has 1 heterocycles. The first-order valence-electron chi connectivity index (χ1n) is 20.8. The van der Waals surface area contributed by atoms with Gasteiger partial charge in [-0.15, -0.1) is 0 Å². The van der Waals surface area contributed by atoms with Gasteiger partial charge in [0.1, 0.15) is 0 Å². The van der Waals surface area contributed by atoms with Crippen molar-refractivity contribution in [3.8, 4) is 39.1 Å². The lowest BCUT2D eigenvalue weighted by molar-refractivity contribution is 1.18. The first-order chi connectivity index (χ1) is 30.2. The average molecular weight is 780 g/mol. The summed E-state index contributed by atoms with van der Waals surface area (Å²) in [6, 6.07) is 87.4. The van der Waals surface area contributed by atoms with Crippen molar-refractivity contribution in [2.45, 2.75) is 0 Å². The summed E-state index contributed by atoms with van der Waals surface area (Å²) < 4.78 is 2.40. The van der Waals surface area contributed by atoms with Gasteiger partial charge in [-0.1, -0.05) is 164 Å². The van der Waals surface area contributed by atoms with Crippen LogP contribution in [0.5, 0.6) is 0 Å². The van der Waals surface area contributed by atoms with E-state index in [9.17, 15) is 0 Å². The normalized spacial score (nSPS) is 11.3. The van der Waals surface area contributed by atoms with Gasteiger partial charge in [-0.3, -0.25) is 0 Å². The first kappa shape index (κ1) is 36.0. The zero-order valence-electron chi connectivity index (χ0n) is 33.5. The van der Waals surface area contributed by atoms with Crippen LogP contribution in [0.1, 0.15) is 0 Å². The van der Waals surface area contributed by atoms with Crippen LogP contribution in [-0.4, -0.2) is 4.57 Å². The van der Waals surface area contributed by atoms with Crippen LogP contribution in [0.4, 0.5) is 28.4 Å². The van der Waals surface area contributed by atoms with Crippen LogP contribution in [0.15, 0.2) is 243 Å². The highest BCUT2D eigenvalue weighted by Crippen LogP contribution is 2.45. The highest BCUT2D eigenvalue weighted by atomic mass is 15.1. The topological polar surface area (TPSA) is 20.2 Å². The van der Waals surface area contributed by atoms with Crippen LogP contribution in [0.25, 0.3) is 71.6 Å². The number of benzene rings is 10. The molecule has 61 heavy (non-hydrogen) atoms. The fourth-order valence-electron chi connectivity index (χ4n) is 8.79. The van der Waals surface area contributed by atoms with Gasteiger partial charge in [0.05, 0.1) is 16.7 Å². The van der Waals surface area contributed by atoms with E-state index >= 15 is 0 Å². The van der Waals surface area contributed by atoms with Gasteiger partial charge in [0.15, 0.2) is 0 Å². The van der Waals surface area contributed by atoms with Crippen molar-refractivity contribution in [3.63, 3.8) is 0 Å². The second kappa shape index (κ2) is 15.6.